The Bertz CT molecular complexity index is 570. The highest BCUT2D eigenvalue weighted by atomic mass is 32.2. The van der Waals surface area contributed by atoms with Gasteiger partial charge in [-0.1, -0.05) is 30.3 Å². The summed E-state index contributed by atoms with van der Waals surface area (Å²) in [6.07, 6.45) is 0. The van der Waals surface area contributed by atoms with E-state index in [-0.39, 0.29) is 5.97 Å². The van der Waals surface area contributed by atoms with E-state index < -0.39 is 0 Å². The third-order valence-corrected chi connectivity index (χ3v) is 3.79. The quantitative estimate of drug-likeness (QED) is 0.527. The van der Waals surface area contributed by atoms with E-state index in [1.54, 1.807) is 23.9 Å². The molecular weight excluding hydrogens is 258 g/mol. The van der Waals surface area contributed by atoms with Crippen LogP contribution in [0.1, 0.15) is 15.9 Å². The molecule has 0 radical (unpaired) electrons. The summed E-state index contributed by atoms with van der Waals surface area (Å²) in [5, 5.41) is 0. The molecule has 2 aromatic rings. The van der Waals surface area contributed by atoms with Gasteiger partial charge in [0.25, 0.3) is 0 Å². The standard InChI is InChI=1S/C15H15NO2S/c1-18-15(17)13-9-12(16)7-8-14(13)19-10-11-5-3-2-4-6-11/h2-9H,10,16H2,1H3. The van der Waals surface area contributed by atoms with Crippen LogP contribution in [0, 0.1) is 0 Å². The van der Waals surface area contributed by atoms with Gasteiger partial charge in [0, 0.05) is 16.3 Å². The molecule has 3 nitrogen and oxygen atoms in total. The van der Waals surface area contributed by atoms with Crippen molar-refractivity contribution in [1.82, 2.24) is 0 Å². The molecule has 0 amide bonds. The van der Waals surface area contributed by atoms with E-state index in [4.69, 9.17) is 10.5 Å². The molecule has 0 aliphatic rings. The highest BCUT2D eigenvalue weighted by Gasteiger charge is 2.12. The van der Waals surface area contributed by atoms with Crippen molar-refractivity contribution in [3.63, 3.8) is 0 Å². The summed E-state index contributed by atoms with van der Waals surface area (Å²) in [4.78, 5) is 12.6. The van der Waals surface area contributed by atoms with E-state index in [0.29, 0.717) is 11.3 Å². The van der Waals surface area contributed by atoms with Crippen LogP contribution in [0.15, 0.2) is 53.4 Å². The number of ether oxygens (including phenoxy) is 1. The van der Waals surface area contributed by atoms with Gasteiger partial charge in [-0.3, -0.25) is 0 Å². The predicted octanol–water partition coefficient (Wildman–Crippen LogP) is 3.35. The number of nitrogens with two attached hydrogens (primary N) is 1. The molecule has 0 aliphatic heterocycles. The lowest BCUT2D eigenvalue weighted by molar-refractivity contribution is 0.0597. The smallest absolute Gasteiger partial charge is 0.339 e. The summed E-state index contributed by atoms with van der Waals surface area (Å²) in [5.41, 5.74) is 8.00. The number of methoxy groups -OCH3 is 1. The lowest BCUT2D eigenvalue weighted by atomic mass is 10.2. The van der Waals surface area contributed by atoms with E-state index in [9.17, 15) is 4.79 Å². The molecule has 0 atom stereocenters. The number of benzene rings is 2. The van der Waals surface area contributed by atoms with Crippen molar-refractivity contribution >= 4 is 23.4 Å². The Labute approximate surface area is 116 Å². The van der Waals surface area contributed by atoms with Crippen LogP contribution in [0.25, 0.3) is 0 Å². The summed E-state index contributed by atoms with van der Waals surface area (Å²) in [6.45, 7) is 0. The topological polar surface area (TPSA) is 52.3 Å². The molecule has 98 valence electrons. The number of anilines is 1. The molecule has 19 heavy (non-hydrogen) atoms. The first-order valence-electron chi connectivity index (χ1n) is 5.85. The molecule has 0 spiro atoms. The van der Waals surface area contributed by atoms with E-state index in [1.807, 2.05) is 24.3 Å². The molecule has 2 aromatic carbocycles. The lowest BCUT2D eigenvalue weighted by Gasteiger charge is -2.08. The van der Waals surface area contributed by atoms with Crippen molar-refractivity contribution in [2.75, 3.05) is 12.8 Å². The van der Waals surface area contributed by atoms with Gasteiger partial charge in [0.1, 0.15) is 0 Å². The van der Waals surface area contributed by atoms with Crippen LogP contribution in [0.5, 0.6) is 0 Å². The number of hydrogen-bond acceptors (Lipinski definition) is 4. The summed E-state index contributed by atoms with van der Waals surface area (Å²) >= 11 is 1.60. The summed E-state index contributed by atoms with van der Waals surface area (Å²) in [6, 6.07) is 15.4. The number of hydrogen-bond donors (Lipinski definition) is 1. The molecule has 2 rings (SSSR count). The van der Waals surface area contributed by atoms with Crippen molar-refractivity contribution in [3.8, 4) is 0 Å². The van der Waals surface area contributed by atoms with Gasteiger partial charge in [0.2, 0.25) is 0 Å². The molecule has 0 unspecified atom stereocenters. The molecule has 0 fully saturated rings. The zero-order valence-electron chi connectivity index (χ0n) is 10.6. The zero-order valence-corrected chi connectivity index (χ0v) is 11.4. The van der Waals surface area contributed by atoms with Gasteiger partial charge >= 0.3 is 5.97 Å². The van der Waals surface area contributed by atoms with Crippen LogP contribution in [-0.2, 0) is 10.5 Å². The summed E-state index contributed by atoms with van der Waals surface area (Å²) < 4.78 is 4.78. The fourth-order valence-corrected chi connectivity index (χ4v) is 2.65. The Balaban J connectivity index is 2.18. The molecular formula is C15H15NO2S. The maximum absolute atomic E-state index is 11.7. The van der Waals surface area contributed by atoms with Gasteiger partial charge in [-0.05, 0) is 23.8 Å². The van der Waals surface area contributed by atoms with E-state index >= 15 is 0 Å². The number of esters is 1. The molecule has 0 heterocycles. The van der Waals surface area contributed by atoms with Gasteiger partial charge in [-0.15, -0.1) is 11.8 Å². The van der Waals surface area contributed by atoms with E-state index in [1.165, 1.54) is 12.7 Å². The summed E-state index contributed by atoms with van der Waals surface area (Å²) in [7, 11) is 1.37. The first-order chi connectivity index (χ1) is 9.20. The number of nitrogen functional groups attached to an aromatic ring is 1. The number of carbonyl (C=O) groups excluding carboxylic acids is 1. The summed E-state index contributed by atoms with van der Waals surface area (Å²) in [5.74, 6) is 0.442. The van der Waals surface area contributed by atoms with Gasteiger partial charge in [-0.25, -0.2) is 4.79 Å². The Morgan fingerprint density at radius 2 is 1.95 bits per heavy atom. The van der Waals surface area contributed by atoms with Gasteiger partial charge in [0.15, 0.2) is 0 Å². The second-order valence-corrected chi connectivity index (χ2v) is 5.04. The number of carbonyl (C=O) groups is 1. The monoisotopic (exact) mass is 273 g/mol. The zero-order chi connectivity index (χ0) is 13.7. The van der Waals surface area contributed by atoms with Crippen LogP contribution < -0.4 is 5.73 Å². The van der Waals surface area contributed by atoms with Crippen molar-refractivity contribution in [3.05, 3.63) is 59.7 Å². The van der Waals surface area contributed by atoms with Crippen LogP contribution in [0.3, 0.4) is 0 Å². The highest BCUT2D eigenvalue weighted by molar-refractivity contribution is 7.98. The molecule has 0 saturated carbocycles. The lowest BCUT2D eigenvalue weighted by Crippen LogP contribution is -2.04. The SMILES string of the molecule is COC(=O)c1cc(N)ccc1SCc1ccccc1. The molecule has 0 aromatic heterocycles. The normalized spacial score (nSPS) is 10.2. The predicted molar refractivity (Wildman–Crippen MR) is 78.2 cm³/mol. The van der Waals surface area contributed by atoms with Gasteiger partial charge in [-0.2, -0.15) is 0 Å². The minimum atomic E-state index is -0.358. The molecule has 0 saturated heterocycles. The second kappa shape index (κ2) is 6.29. The Kier molecular flexibility index (Phi) is 4.47. The number of rotatable bonds is 4. The third-order valence-electron chi connectivity index (χ3n) is 2.65. The minimum Gasteiger partial charge on any atom is -0.465 e. The Morgan fingerprint density at radius 1 is 1.21 bits per heavy atom. The number of thioether (sulfide) groups is 1. The Morgan fingerprint density at radius 3 is 2.63 bits per heavy atom. The van der Waals surface area contributed by atoms with Crippen LogP contribution in [0.4, 0.5) is 5.69 Å². The average Bonchev–Trinajstić information content (AvgIpc) is 2.46. The van der Waals surface area contributed by atoms with Crippen LogP contribution >= 0.6 is 11.8 Å². The van der Waals surface area contributed by atoms with Crippen molar-refractivity contribution in [2.24, 2.45) is 0 Å². The largest absolute Gasteiger partial charge is 0.465 e. The highest BCUT2D eigenvalue weighted by Crippen LogP contribution is 2.28. The Hall–Kier alpha value is -1.94. The van der Waals surface area contributed by atoms with E-state index in [0.717, 1.165) is 10.6 Å². The minimum absolute atomic E-state index is 0.358. The average molecular weight is 273 g/mol. The maximum atomic E-state index is 11.7. The van der Waals surface area contributed by atoms with Gasteiger partial charge < -0.3 is 10.5 Å². The fraction of sp³-hybridized carbons (Fsp3) is 0.133. The third kappa shape index (κ3) is 3.51. The molecule has 4 heteroatoms. The van der Waals surface area contributed by atoms with Crippen LogP contribution in [0.2, 0.25) is 0 Å². The van der Waals surface area contributed by atoms with Crippen LogP contribution in [-0.4, -0.2) is 13.1 Å². The first kappa shape index (κ1) is 13.5. The van der Waals surface area contributed by atoms with E-state index in [2.05, 4.69) is 12.1 Å². The maximum Gasteiger partial charge on any atom is 0.339 e. The van der Waals surface area contributed by atoms with Crippen molar-refractivity contribution < 1.29 is 9.53 Å². The molecule has 2 N–H and O–H groups in total. The molecule has 0 aliphatic carbocycles. The first-order valence-corrected chi connectivity index (χ1v) is 6.84. The van der Waals surface area contributed by atoms with Crippen molar-refractivity contribution in [2.45, 2.75) is 10.6 Å². The van der Waals surface area contributed by atoms with Gasteiger partial charge in [0.05, 0.1) is 12.7 Å². The molecule has 0 bridgehead atoms. The second-order valence-electron chi connectivity index (χ2n) is 4.02. The fourth-order valence-electron chi connectivity index (χ4n) is 1.68. The van der Waals surface area contributed by atoms with Crippen molar-refractivity contribution in [1.29, 1.82) is 0 Å².